The van der Waals surface area contributed by atoms with Crippen LogP contribution in [0.3, 0.4) is 0 Å². The Labute approximate surface area is 146 Å². The Balaban J connectivity index is 1.74. The molecule has 6 nitrogen and oxygen atoms in total. The van der Waals surface area contributed by atoms with Crippen molar-refractivity contribution in [1.29, 1.82) is 0 Å². The summed E-state index contributed by atoms with van der Waals surface area (Å²) < 4.78 is 8.22. The molecule has 1 saturated carbocycles. The zero-order chi connectivity index (χ0) is 17.4. The van der Waals surface area contributed by atoms with E-state index in [1.54, 1.807) is 6.20 Å². The number of benzene rings is 1. The van der Waals surface area contributed by atoms with Crippen LogP contribution in [0.5, 0.6) is 5.75 Å². The number of anilines is 2. The molecule has 0 radical (unpaired) electrons. The lowest BCUT2D eigenvalue weighted by molar-refractivity contribution is 0.344. The van der Waals surface area contributed by atoms with Crippen LogP contribution in [0.25, 0.3) is 10.9 Å². The number of hydrogen-bond donors (Lipinski definition) is 2. The molecule has 1 aliphatic carbocycles. The minimum Gasteiger partial charge on any atom is -0.493 e. The van der Waals surface area contributed by atoms with E-state index in [1.165, 1.54) is 18.4 Å². The Bertz CT molecular complexity index is 914. The fraction of sp³-hybridized carbons (Fsp3) is 0.368. The molecule has 1 aliphatic rings. The van der Waals surface area contributed by atoms with Crippen LogP contribution in [0.2, 0.25) is 0 Å². The highest BCUT2D eigenvalue weighted by atomic mass is 16.5. The van der Waals surface area contributed by atoms with Crippen molar-refractivity contribution in [1.82, 2.24) is 14.5 Å². The van der Waals surface area contributed by atoms with E-state index in [9.17, 15) is 0 Å². The van der Waals surface area contributed by atoms with Gasteiger partial charge in [0.25, 0.3) is 0 Å². The molecule has 0 unspecified atom stereocenters. The van der Waals surface area contributed by atoms with Gasteiger partial charge in [-0.25, -0.2) is 4.98 Å². The number of rotatable bonds is 6. The summed E-state index contributed by atoms with van der Waals surface area (Å²) in [6.07, 6.45) is 7.17. The van der Waals surface area contributed by atoms with Crippen molar-refractivity contribution >= 4 is 22.7 Å². The highest BCUT2D eigenvalue weighted by molar-refractivity contribution is 5.87. The van der Waals surface area contributed by atoms with Gasteiger partial charge in [0, 0.05) is 36.3 Å². The first-order chi connectivity index (χ1) is 12.1. The van der Waals surface area contributed by atoms with Crippen molar-refractivity contribution < 1.29 is 4.74 Å². The number of aromatic nitrogens is 3. The smallest absolute Gasteiger partial charge is 0.221 e. The lowest BCUT2D eigenvalue weighted by Crippen LogP contribution is -2.04. The second kappa shape index (κ2) is 6.27. The van der Waals surface area contributed by atoms with E-state index in [-0.39, 0.29) is 5.95 Å². The summed E-state index contributed by atoms with van der Waals surface area (Å²) in [4.78, 5) is 8.12. The molecule has 0 bridgehead atoms. The molecule has 2 heterocycles. The summed E-state index contributed by atoms with van der Waals surface area (Å²) in [5, 5.41) is 1.16. The number of fused-ring (bicyclic) bond motifs is 1. The average molecular weight is 337 g/mol. The highest BCUT2D eigenvalue weighted by Crippen LogP contribution is 2.35. The Morgan fingerprint density at radius 3 is 2.84 bits per heavy atom. The van der Waals surface area contributed by atoms with E-state index in [2.05, 4.69) is 38.9 Å². The fourth-order valence-corrected chi connectivity index (χ4v) is 3.22. The molecule has 0 saturated heterocycles. The molecule has 0 amide bonds. The normalized spacial score (nSPS) is 14.1. The quantitative estimate of drug-likeness (QED) is 0.721. The topological polar surface area (TPSA) is 92.0 Å². The molecule has 25 heavy (non-hydrogen) atoms. The molecule has 0 spiro atoms. The maximum atomic E-state index is 6.00. The van der Waals surface area contributed by atoms with E-state index >= 15 is 0 Å². The van der Waals surface area contributed by atoms with Crippen LogP contribution in [0.4, 0.5) is 11.8 Å². The van der Waals surface area contributed by atoms with Crippen LogP contribution < -0.4 is 16.2 Å². The van der Waals surface area contributed by atoms with Crippen molar-refractivity contribution in [2.24, 2.45) is 5.92 Å². The Morgan fingerprint density at radius 1 is 1.28 bits per heavy atom. The largest absolute Gasteiger partial charge is 0.493 e. The van der Waals surface area contributed by atoms with Gasteiger partial charge in [-0.05, 0) is 49.4 Å². The maximum Gasteiger partial charge on any atom is 0.221 e. The minimum absolute atomic E-state index is 0.199. The molecule has 4 rings (SSSR count). The first kappa shape index (κ1) is 15.7. The van der Waals surface area contributed by atoms with E-state index in [0.717, 1.165) is 34.7 Å². The van der Waals surface area contributed by atoms with Gasteiger partial charge in [0.15, 0.2) is 0 Å². The first-order valence-corrected chi connectivity index (χ1v) is 8.75. The predicted octanol–water partition coefficient (Wildman–Crippen LogP) is 3.00. The third-order valence-corrected chi connectivity index (χ3v) is 4.67. The predicted molar refractivity (Wildman–Crippen MR) is 99.5 cm³/mol. The van der Waals surface area contributed by atoms with Crippen molar-refractivity contribution in [2.75, 3.05) is 18.1 Å². The monoisotopic (exact) mass is 337 g/mol. The van der Waals surface area contributed by atoms with Crippen molar-refractivity contribution in [3.8, 4) is 5.75 Å². The highest BCUT2D eigenvalue weighted by Gasteiger charge is 2.22. The second-order valence-electron chi connectivity index (χ2n) is 6.69. The van der Waals surface area contributed by atoms with Crippen LogP contribution in [0.1, 0.15) is 30.9 Å². The Morgan fingerprint density at radius 2 is 2.12 bits per heavy atom. The van der Waals surface area contributed by atoms with E-state index in [0.29, 0.717) is 18.8 Å². The summed E-state index contributed by atoms with van der Waals surface area (Å²) in [5.74, 6) is 2.36. The van der Waals surface area contributed by atoms with Gasteiger partial charge in [0.2, 0.25) is 5.95 Å². The third kappa shape index (κ3) is 3.24. The maximum absolute atomic E-state index is 6.00. The minimum atomic E-state index is 0.199. The van der Waals surface area contributed by atoms with Crippen molar-refractivity contribution in [3.63, 3.8) is 0 Å². The van der Waals surface area contributed by atoms with E-state index < -0.39 is 0 Å². The number of hydrogen-bond acceptors (Lipinski definition) is 5. The Hall–Kier alpha value is -2.76. The molecule has 6 heteroatoms. The number of ether oxygens (including phenoxy) is 1. The molecular weight excluding hydrogens is 314 g/mol. The summed E-state index contributed by atoms with van der Waals surface area (Å²) in [6, 6.07) is 6.45. The zero-order valence-electron chi connectivity index (χ0n) is 14.4. The summed E-state index contributed by atoms with van der Waals surface area (Å²) in [7, 11) is 0. The molecule has 2 aromatic heterocycles. The molecule has 3 aromatic rings. The van der Waals surface area contributed by atoms with Crippen LogP contribution in [-0.4, -0.2) is 21.1 Å². The lowest BCUT2D eigenvalue weighted by Gasteiger charge is -2.12. The number of nitrogens with two attached hydrogens (primary N) is 2. The third-order valence-electron chi connectivity index (χ3n) is 4.67. The zero-order valence-corrected chi connectivity index (χ0v) is 14.4. The van der Waals surface area contributed by atoms with Crippen molar-refractivity contribution in [3.05, 3.63) is 41.7 Å². The SMILES string of the molecule is CCOc1cc(Cc2cnc(N)nc2N)cc2c1ccn2CC1CC1. The molecule has 4 N–H and O–H groups in total. The Kier molecular flexibility index (Phi) is 3.95. The fourth-order valence-electron chi connectivity index (χ4n) is 3.22. The summed E-state index contributed by atoms with van der Waals surface area (Å²) in [6.45, 7) is 3.72. The molecule has 0 atom stereocenters. The van der Waals surface area contributed by atoms with Crippen LogP contribution in [0, 0.1) is 5.92 Å². The molecule has 1 fully saturated rings. The van der Waals surface area contributed by atoms with Gasteiger partial charge in [-0.3, -0.25) is 0 Å². The average Bonchev–Trinajstić information content (AvgIpc) is 3.30. The van der Waals surface area contributed by atoms with Gasteiger partial charge < -0.3 is 20.8 Å². The number of nitrogens with zero attached hydrogens (tertiary/aromatic N) is 3. The van der Waals surface area contributed by atoms with Crippen LogP contribution >= 0.6 is 0 Å². The van der Waals surface area contributed by atoms with Crippen LogP contribution in [0.15, 0.2) is 30.6 Å². The summed E-state index contributed by atoms with van der Waals surface area (Å²) in [5.41, 5.74) is 14.8. The van der Waals surface area contributed by atoms with Gasteiger partial charge in [0.05, 0.1) is 12.1 Å². The molecule has 0 aliphatic heterocycles. The van der Waals surface area contributed by atoms with Gasteiger partial charge in [-0.15, -0.1) is 0 Å². The molecule has 1 aromatic carbocycles. The van der Waals surface area contributed by atoms with Gasteiger partial charge in [0.1, 0.15) is 11.6 Å². The van der Waals surface area contributed by atoms with Gasteiger partial charge in [-0.1, -0.05) is 0 Å². The lowest BCUT2D eigenvalue weighted by atomic mass is 10.0. The second-order valence-corrected chi connectivity index (χ2v) is 6.69. The summed E-state index contributed by atoms with van der Waals surface area (Å²) >= 11 is 0. The van der Waals surface area contributed by atoms with Crippen LogP contribution in [-0.2, 0) is 13.0 Å². The van der Waals surface area contributed by atoms with Gasteiger partial charge >= 0.3 is 0 Å². The standard InChI is InChI=1S/C19H23N5O/c1-2-25-17-9-13(7-14-10-22-19(21)23-18(14)20)8-16-15(17)5-6-24(16)11-12-3-4-12/h5-6,8-10,12H,2-4,7,11H2,1H3,(H4,20,21,22,23). The van der Waals surface area contributed by atoms with E-state index in [4.69, 9.17) is 16.2 Å². The van der Waals surface area contributed by atoms with Crippen molar-refractivity contribution in [2.45, 2.75) is 32.7 Å². The first-order valence-electron chi connectivity index (χ1n) is 8.75. The number of nitrogen functional groups attached to an aromatic ring is 2. The van der Waals surface area contributed by atoms with E-state index in [1.807, 2.05) is 6.92 Å². The van der Waals surface area contributed by atoms with Gasteiger partial charge in [-0.2, -0.15) is 4.98 Å². The molecular formula is C19H23N5O. The molecule has 130 valence electrons.